The second-order valence-corrected chi connectivity index (χ2v) is 5.98. The lowest BCUT2D eigenvalue weighted by atomic mass is 9.92. The fraction of sp³-hybridized carbons (Fsp3) is 0.786. The molecule has 0 spiro atoms. The van der Waals surface area contributed by atoms with Crippen LogP contribution < -0.4 is 0 Å². The van der Waals surface area contributed by atoms with E-state index in [1.807, 2.05) is 0 Å². The summed E-state index contributed by atoms with van der Waals surface area (Å²) in [6, 6.07) is 0. The predicted octanol–water partition coefficient (Wildman–Crippen LogP) is 2.02. The molecule has 1 aliphatic heterocycles. The van der Waals surface area contributed by atoms with Crippen molar-refractivity contribution in [1.82, 2.24) is 15.0 Å². The molecule has 1 aromatic rings. The minimum Gasteiger partial charge on any atom is -0.481 e. The van der Waals surface area contributed by atoms with Gasteiger partial charge in [-0.3, -0.25) is 9.69 Å². The van der Waals surface area contributed by atoms with Gasteiger partial charge < -0.3 is 9.63 Å². The molecule has 2 fully saturated rings. The largest absolute Gasteiger partial charge is 0.481 e. The minimum absolute atomic E-state index is 0.292. The third-order valence-electron chi connectivity index (χ3n) is 4.25. The van der Waals surface area contributed by atoms with Crippen LogP contribution in [-0.2, 0) is 11.3 Å². The summed E-state index contributed by atoms with van der Waals surface area (Å²) in [5.74, 6) is 1.96. The minimum atomic E-state index is -0.688. The average Bonchev–Trinajstić information content (AvgIpc) is 3.19. The molecule has 3 rings (SSSR count). The van der Waals surface area contributed by atoms with Gasteiger partial charge in [0.25, 0.3) is 0 Å². The molecule has 0 amide bonds. The molecule has 2 heterocycles. The third kappa shape index (κ3) is 3.56. The summed E-state index contributed by atoms with van der Waals surface area (Å²) < 4.78 is 5.26. The zero-order chi connectivity index (χ0) is 13.9. The number of carboxylic acids is 1. The highest BCUT2D eigenvalue weighted by atomic mass is 16.5. The maximum atomic E-state index is 10.6. The van der Waals surface area contributed by atoms with Gasteiger partial charge in [-0.15, -0.1) is 0 Å². The lowest BCUT2D eigenvalue weighted by Crippen LogP contribution is -2.33. The van der Waals surface area contributed by atoms with Crippen molar-refractivity contribution in [3.8, 4) is 0 Å². The van der Waals surface area contributed by atoms with E-state index in [4.69, 9.17) is 9.63 Å². The van der Waals surface area contributed by atoms with Crippen molar-refractivity contribution < 1.29 is 14.4 Å². The molecule has 6 nitrogen and oxygen atoms in total. The van der Waals surface area contributed by atoms with Crippen LogP contribution in [0, 0.1) is 5.92 Å². The second kappa shape index (κ2) is 5.91. The van der Waals surface area contributed by atoms with Gasteiger partial charge in [-0.05, 0) is 51.1 Å². The fourth-order valence-electron chi connectivity index (χ4n) is 2.79. The van der Waals surface area contributed by atoms with Gasteiger partial charge in [-0.25, -0.2) is 0 Å². The number of aliphatic carboxylic acids is 1. The molecule has 20 heavy (non-hydrogen) atoms. The highest BCUT2D eigenvalue weighted by Gasteiger charge is 2.30. The molecule has 0 aromatic carbocycles. The van der Waals surface area contributed by atoms with Crippen LogP contribution in [0.4, 0.5) is 0 Å². The number of hydrogen-bond acceptors (Lipinski definition) is 5. The smallest absolute Gasteiger partial charge is 0.303 e. The number of carboxylic acid groups (broad SMARTS) is 1. The molecule has 0 atom stereocenters. The van der Waals surface area contributed by atoms with E-state index in [-0.39, 0.29) is 0 Å². The lowest BCUT2D eigenvalue weighted by Gasteiger charge is -2.30. The molecular weight excluding hydrogens is 258 g/mol. The van der Waals surface area contributed by atoms with E-state index >= 15 is 0 Å². The monoisotopic (exact) mass is 279 g/mol. The van der Waals surface area contributed by atoms with Gasteiger partial charge in [0.1, 0.15) is 0 Å². The Morgan fingerprint density at radius 2 is 2.05 bits per heavy atom. The fourth-order valence-corrected chi connectivity index (χ4v) is 2.79. The van der Waals surface area contributed by atoms with Crippen molar-refractivity contribution in [3.63, 3.8) is 0 Å². The number of hydrogen-bond donors (Lipinski definition) is 1. The van der Waals surface area contributed by atoms with Gasteiger partial charge in [0, 0.05) is 12.3 Å². The molecule has 6 heteroatoms. The highest BCUT2D eigenvalue weighted by Crippen LogP contribution is 2.38. The molecule has 1 saturated heterocycles. The number of rotatable bonds is 6. The van der Waals surface area contributed by atoms with Crippen molar-refractivity contribution in [2.45, 2.75) is 51.0 Å². The van der Waals surface area contributed by atoms with Crippen molar-refractivity contribution in [3.05, 3.63) is 11.7 Å². The number of likely N-dealkylation sites (tertiary alicyclic amines) is 1. The third-order valence-corrected chi connectivity index (χ3v) is 4.25. The van der Waals surface area contributed by atoms with Crippen LogP contribution in [-0.4, -0.2) is 39.2 Å². The summed E-state index contributed by atoms with van der Waals surface area (Å²) in [6.45, 7) is 2.75. The van der Waals surface area contributed by atoms with Gasteiger partial charge in [-0.1, -0.05) is 5.16 Å². The van der Waals surface area contributed by atoms with Crippen LogP contribution in [0.1, 0.15) is 56.2 Å². The molecule has 110 valence electrons. The first-order valence-corrected chi connectivity index (χ1v) is 7.47. The van der Waals surface area contributed by atoms with E-state index in [9.17, 15) is 4.79 Å². The Morgan fingerprint density at radius 1 is 1.30 bits per heavy atom. The van der Waals surface area contributed by atoms with Gasteiger partial charge in [0.15, 0.2) is 5.82 Å². The standard InChI is InChI=1S/C14H21N3O3/c18-13(19)4-1-10-5-7-17(8-6-10)9-12-15-14(20-16-12)11-2-3-11/h10-11H,1-9H2,(H,18,19). The van der Waals surface area contributed by atoms with E-state index in [1.54, 1.807) is 0 Å². The van der Waals surface area contributed by atoms with Gasteiger partial charge in [0.2, 0.25) is 5.89 Å². The SMILES string of the molecule is O=C(O)CCC1CCN(Cc2noc(C3CC3)n2)CC1. The van der Waals surface area contributed by atoms with Crippen LogP contribution in [0.5, 0.6) is 0 Å². The molecule has 1 aromatic heterocycles. The summed E-state index contributed by atoms with van der Waals surface area (Å²) >= 11 is 0. The summed E-state index contributed by atoms with van der Waals surface area (Å²) in [4.78, 5) is 17.4. The molecule has 0 unspecified atom stereocenters. The van der Waals surface area contributed by atoms with E-state index in [1.165, 1.54) is 12.8 Å². The Morgan fingerprint density at radius 3 is 2.70 bits per heavy atom. The highest BCUT2D eigenvalue weighted by molar-refractivity contribution is 5.66. The van der Waals surface area contributed by atoms with Crippen LogP contribution in [0.25, 0.3) is 0 Å². The molecule has 1 aliphatic carbocycles. The van der Waals surface area contributed by atoms with E-state index < -0.39 is 5.97 Å². The predicted molar refractivity (Wildman–Crippen MR) is 71.1 cm³/mol. The summed E-state index contributed by atoms with van der Waals surface area (Å²) in [5, 5.41) is 12.8. The Labute approximate surface area is 118 Å². The van der Waals surface area contributed by atoms with Crippen molar-refractivity contribution in [2.24, 2.45) is 5.92 Å². The molecule has 1 saturated carbocycles. The van der Waals surface area contributed by atoms with E-state index in [2.05, 4.69) is 15.0 Å². The topological polar surface area (TPSA) is 79.5 Å². The van der Waals surface area contributed by atoms with Gasteiger partial charge >= 0.3 is 5.97 Å². The summed E-state index contributed by atoms with van der Waals surface area (Å²) in [5.41, 5.74) is 0. The van der Waals surface area contributed by atoms with Crippen LogP contribution in [0.3, 0.4) is 0 Å². The lowest BCUT2D eigenvalue weighted by molar-refractivity contribution is -0.137. The van der Waals surface area contributed by atoms with Crippen molar-refractivity contribution in [2.75, 3.05) is 13.1 Å². The van der Waals surface area contributed by atoms with Crippen LogP contribution >= 0.6 is 0 Å². The number of nitrogens with zero attached hydrogens (tertiary/aromatic N) is 3. The first-order chi connectivity index (χ1) is 9.70. The summed E-state index contributed by atoms with van der Waals surface area (Å²) in [6.07, 6.45) is 5.59. The van der Waals surface area contributed by atoms with E-state index in [0.29, 0.717) is 18.3 Å². The summed E-state index contributed by atoms with van der Waals surface area (Å²) in [7, 11) is 0. The normalized spacial score (nSPS) is 21.2. The molecular formula is C14H21N3O3. The number of piperidine rings is 1. The Balaban J connectivity index is 1.42. The first kappa shape index (κ1) is 13.5. The average molecular weight is 279 g/mol. The van der Waals surface area contributed by atoms with Gasteiger partial charge in [0.05, 0.1) is 6.54 Å². The molecule has 2 aliphatic rings. The number of carbonyl (C=O) groups is 1. The quantitative estimate of drug-likeness (QED) is 0.858. The van der Waals surface area contributed by atoms with Crippen molar-refractivity contribution in [1.29, 1.82) is 0 Å². The molecule has 0 bridgehead atoms. The van der Waals surface area contributed by atoms with Crippen LogP contribution in [0.15, 0.2) is 4.52 Å². The number of aromatic nitrogens is 2. The second-order valence-electron chi connectivity index (χ2n) is 5.98. The maximum absolute atomic E-state index is 10.6. The zero-order valence-electron chi connectivity index (χ0n) is 11.6. The Kier molecular flexibility index (Phi) is 4.00. The molecule has 1 N–H and O–H groups in total. The Bertz CT molecular complexity index is 462. The van der Waals surface area contributed by atoms with E-state index in [0.717, 1.165) is 50.6 Å². The Hall–Kier alpha value is -1.43. The maximum Gasteiger partial charge on any atom is 0.303 e. The van der Waals surface area contributed by atoms with Crippen LogP contribution in [0.2, 0.25) is 0 Å². The zero-order valence-corrected chi connectivity index (χ0v) is 11.6. The first-order valence-electron chi connectivity index (χ1n) is 7.47. The van der Waals surface area contributed by atoms with Crippen molar-refractivity contribution >= 4 is 5.97 Å². The van der Waals surface area contributed by atoms with Gasteiger partial charge in [-0.2, -0.15) is 4.98 Å². The molecule has 0 radical (unpaired) electrons.